The third-order valence-corrected chi connectivity index (χ3v) is 3.49. The molecule has 0 aliphatic rings. The van der Waals surface area contributed by atoms with Crippen LogP contribution < -0.4 is 70.2 Å². The van der Waals surface area contributed by atoms with Crippen LogP contribution in [0.3, 0.4) is 0 Å². The molecule has 0 aliphatic carbocycles. The van der Waals surface area contributed by atoms with Gasteiger partial charge in [0.25, 0.3) is 0 Å². The largest absolute Gasteiger partial charge is 1.00 e. The molecule has 0 radical (unpaired) electrons. The summed E-state index contributed by atoms with van der Waals surface area (Å²) in [7, 11) is -9.82. The van der Waals surface area contributed by atoms with Crippen molar-refractivity contribution in [3.05, 3.63) is 18.2 Å². The van der Waals surface area contributed by atoms with Gasteiger partial charge in [-0.15, -0.1) is 0 Å². The van der Waals surface area contributed by atoms with Crippen molar-refractivity contribution in [1.82, 2.24) is 0 Å². The van der Waals surface area contributed by atoms with Gasteiger partial charge in [-0.2, -0.15) is 0 Å². The van der Waals surface area contributed by atoms with Crippen LogP contribution in [0.25, 0.3) is 0 Å². The van der Waals surface area contributed by atoms with Gasteiger partial charge in [0, 0.05) is 0 Å². The van der Waals surface area contributed by atoms with E-state index < -0.39 is 41.7 Å². The number of urea groups is 1. The molecule has 1 rings (SSSR count). The number of anilines is 1. The molecule has 0 aromatic heterocycles. The van der Waals surface area contributed by atoms with Crippen LogP contribution in [0.4, 0.5) is 10.5 Å². The van der Waals surface area contributed by atoms with Gasteiger partial charge in [0.15, 0.2) is 0 Å². The molecular formula is C7H6N2Na2O7S2. The number of rotatable bonds is 3. The van der Waals surface area contributed by atoms with Crippen molar-refractivity contribution in [3.63, 3.8) is 0 Å². The standard InChI is InChI=1S/C7H8N2O7S2.2Na/c8-7(10)9-5-3-4(17(11,12)13)1-2-6(5)18(14,15)16;;/h1-3H,(H3,8,9,10)(H,11,12,13)(H,14,15,16);;/q;2*+1/p-2. The third kappa shape index (κ3) is 6.39. The molecule has 0 saturated heterocycles. The van der Waals surface area contributed by atoms with Crippen LogP contribution in [-0.4, -0.2) is 32.0 Å². The van der Waals surface area contributed by atoms with Crippen molar-refractivity contribution in [3.8, 4) is 0 Å². The van der Waals surface area contributed by atoms with Gasteiger partial charge in [0.1, 0.15) is 20.2 Å². The molecule has 1 aromatic rings. The number of carbonyl (C=O) groups is 1. The van der Waals surface area contributed by atoms with Gasteiger partial charge in [0.05, 0.1) is 15.5 Å². The smallest absolute Gasteiger partial charge is 0.744 e. The minimum absolute atomic E-state index is 0. The van der Waals surface area contributed by atoms with Gasteiger partial charge >= 0.3 is 65.1 Å². The molecule has 0 spiro atoms. The molecular weight excluding hydrogens is 334 g/mol. The van der Waals surface area contributed by atoms with Crippen LogP contribution >= 0.6 is 0 Å². The van der Waals surface area contributed by atoms with E-state index >= 15 is 0 Å². The molecule has 0 saturated carbocycles. The SMILES string of the molecule is NC(=O)Nc1cc(S(=O)(=O)[O-])ccc1S(=O)(=O)[O-].[Na+].[Na+]. The van der Waals surface area contributed by atoms with E-state index in [1.165, 1.54) is 0 Å². The zero-order valence-electron chi connectivity index (χ0n) is 10.5. The average Bonchev–Trinajstić information content (AvgIpc) is 2.13. The van der Waals surface area contributed by atoms with Crippen LogP contribution in [0.1, 0.15) is 0 Å². The van der Waals surface area contributed by atoms with Gasteiger partial charge in [-0.25, -0.2) is 21.6 Å². The predicted octanol–water partition coefficient (Wildman–Crippen LogP) is -7.01. The Bertz CT molecular complexity index is 702. The zero-order chi connectivity index (χ0) is 14.1. The second-order valence-electron chi connectivity index (χ2n) is 3.06. The minimum Gasteiger partial charge on any atom is -0.744 e. The van der Waals surface area contributed by atoms with Crippen molar-refractivity contribution in [2.45, 2.75) is 9.79 Å². The Kier molecular flexibility index (Phi) is 9.12. The molecule has 0 heterocycles. The molecule has 0 atom stereocenters. The van der Waals surface area contributed by atoms with E-state index in [-0.39, 0.29) is 59.1 Å². The fourth-order valence-corrected chi connectivity index (χ4v) is 2.22. The Labute approximate surface area is 159 Å². The first-order valence-corrected chi connectivity index (χ1v) is 6.96. The zero-order valence-corrected chi connectivity index (χ0v) is 16.1. The number of hydrogen-bond donors (Lipinski definition) is 2. The quantitative estimate of drug-likeness (QED) is 0.407. The normalized spacial score (nSPS) is 10.9. The second-order valence-corrected chi connectivity index (χ2v) is 5.78. The van der Waals surface area contributed by atoms with Crippen molar-refractivity contribution in [2.75, 3.05) is 5.32 Å². The second kappa shape index (κ2) is 8.08. The average molecular weight is 340 g/mol. The number of carbonyl (C=O) groups excluding carboxylic acids is 1. The maximum Gasteiger partial charge on any atom is 1.00 e. The summed E-state index contributed by atoms with van der Waals surface area (Å²) < 4.78 is 64.6. The number of nitrogens with two attached hydrogens (primary N) is 1. The number of benzene rings is 1. The predicted molar refractivity (Wildman–Crippen MR) is 55.6 cm³/mol. The van der Waals surface area contributed by atoms with Crippen LogP contribution in [0.2, 0.25) is 0 Å². The molecule has 0 aliphatic heterocycles. The molecule has 9 nitrogen and oxygen atoms in total. The molecule has 0 unspecified atom stereocenters. The van der Waals surface area contributed by atoms with Crippen LogP contribution in [-0.2, 0) is 20.2 Å². The first-order valence-electron chi connectivity index (χ1n) is 4.14. The van der Waals surface area contributed by atoms with E-state index in [4.69, 9.17) is 5.73 Å². The first kappa shape index (κ1) is 22.6. The number of primary amides is 1. The Morgan fingerprint density at radius 1 is 1.05 bits per heavy atom. The van der Waals surface area contributed by atoms with Crippen LogP contribution in [0, 0.1) is 0 Å². The topological polar surface area (TPSA) is 170 Å². The molecule has 1 aromatic carbocycles. The molecule has 3 N–H and O–H groups in total. The Morgan fingerprint density at radius 3 is 1.90 bits per heavy atom. The van der Waals surface area contributed by atoms with E-state index in [2.05, 4.69) is 0 Å². The van der Waals surface area contributed by atoms with Crippen molar-refractivity contribution >= 4 is 32.0 Å². The summed E-state index contributed by atoms with van der Waals surface area (Å²) >= 11 is 0. The third-order valence-electron chi connectivity index (χ3n) is 1.77. The maximum atomic E-state index is 10.8. The Morgan fingerprint density at radius 2 is 1.55 bits per heavy atom. The van der Waals surface area contributed by atoms with Crippen molar-refractivity contribution < 1.29 is 89.9 Å². The fraction of sp³-hybridized carbons (Fsp3) is 0. The molecule has 100 valence electrons. The van der Waals surface area contributed by atoms with Gasteiger partial charge in [-0.05, 0) is 18.2 Å². The van der Waals surface area contributed by atoms with Crippen LogP contribution in [0.15, 0.2) is 28.0 Å². The van der Waals surface area contributed by atoms with Crippen molar-refractivity contribution in [1.29, 1.82) is 0 Å². The summed E-state index contributed by atoms with van der Waals surface area (Å²) in [6, 6.07) is 0.551. The van der Waals surface area contributed by atoms with E-state index in [0.29, 0.717) is 18.2 Å². The first-order chi connectivity index (χ1) is 8.01. The summed E-state index contributed by atoms with van der Waals surface area (Å²) in [5.74, 6) is 0. The monoisotopic (exact) mass is 340 g/mol. The minimum atomic E-state index is -4.96. The molecule has 20 heavy (non-hydrogen) atoms. The fourth-order valence-electron chi connectivity index (χ4n) is 1.11. The number of nitrogens with one attached hydrogen (secondary N) is 1. The number of amides is 2. The van der Waals surface area contributed by atoms with Crippen molar-refractivity contribution in [2.24, 2.45) is 5.73 Å². The van der Waals surface area contributed by atoms with Gasteiger partial charge in [0.2, 0.25) is 0 Å². The summed E-state index contributed by atoms with van der Waals surface area (Å²) in [5, 5.41) is 1.75. The summed E-state index contributed by atoms with van der Waals surface area (Å²) in [6.45, 7) is 0. The maximum absolute atomic E-state index is 10.8. The van der Waals surface area contributed by atoms with E-state index in [9.17, 15) is 30.7 Å². The molecule has 0 bridgehead atoms. The molecule has 2 amide bonds. The van der Waals surface area contributed by atoms with E-state index in [1.54, 1.807) is 5.32 Å². The summed E-state index contributed by atoms with van der Waals surface area (Å²) in [5.41, 5.74) is 4.05. The Hall–Kier alpha value is 0.310. The molecule has 0 fully saturated rings. The molecule has 13 heteroatoms. The number of hydrogen-bond acceptors (Lipinski definition) is 7. The van der Waals surface area contributed by atoms with Gasteiger partial charge in [-0.1, -0.05) is 0 Å². The van der Waals surface area contributed by atoms with E-state index in [1.807, 2.05) is 0 Å². The summed E-state index contributed by atoms with van der Waals surface area (Å²) in [4.78, 5) is 8.89. The van der Waals surface area contributed by atoms with E-state index in [0.717, 1.165) is 0 Å². The van der Waals surface area contributed by atoms with Gasteiger partial charge in [-0.3, -0.25) is 0 Å². The van der Waals surface area contributed by atoms with Crippen LogP contribution in [0.5, 0.6) is 0 Å². The summed E-state index contributed by atoms with van der Waals surface area (Å²) in [6.07, 6.45) is 0. The Balaban J connectivity index is 0. The van der Waals surface area contributed by atoms with Gasteiger partial charge < -0.3 is 20.2 Å².